The van der Waals surface area contributed by atoms with Gasteiger partial charge in [-0.2, -0.15) is 0 Å². The number of guanidine groups is 1. The van der Waals surface area contributed by atoms with Crippen molar-refractivity contribution in [3.8, 4) is 0 Å². The molecule has 0 amide bonds. The third-order valence-electron chi connectivity index (χ3n) is 1.63. The van der Waals surface area contributed by atoms with Gasteiger partial charge in [0.25, 0.3) is 0 Å². The number of halogens is 1. The lowest BCUT2D eigenvalue weighted by atomic mass is 10.3. The van der Waals surface area contributed by atoms with Crippen LogP contribution in [-0.2, 0) is 0 Å². The molecule has 0 spiro atoms. The number of hydrogen-bond donors (Lipinski definition) is 3. The van der Waals surface area contributed by atoms with E-state index in [-0.39, 0.29) is 6.04 Å². The Hall–Kier alpha value is -1.26. The summed E-state index contributed by atoms with van der Waals surface area (Å²) < 4.78 is 0. The summed E-state index contributed by atoms with van der Waals surface area (Å²) in [6.45, 7) is 3.95. The largest absolute Gasteiger partial charge is 0.325 e. The molecule has 0 aliphatic carbocycles. The van der Waals surface area contributed by atoms with Crippen molar-refractivity contribution < 1.29 is 0 Å². The number of aliphatic imine (C=N–C) groups is 1. The fourth-order valence-corrected chi connectivity index (χ4v) is 1.16. The van der Waals surface area contributed by atoms with Crippen molar-refractivity contribution in [2.24, 2.45) is 10.8 Å². The average Bonchev–Trinajstić information content (AvgIpc) is 2.19. The number of benzene rings is 1. The molecule has 82 valence electrons. The molecule has 0 saturated carbocycles. The summed E-state index contributed by atoms with van der Waals surface area (Å²) in [4.78, 5) is 4.25. The van der Waals surface area contributed by atoms with E-state index in [0.717, 1.165) is 5.69 Å². The van der Waals surface area contributed by atoms with Crippen LogP contribution in [0.2, 0.25) is 5.02 Å². The second kappa shape index (κ2) is 5.58. The molecule has 0 aliphatic rings. The van der Waals surface area contributed by atoms with Crippen molar-refractivity contribution in [1.82, 2.24) is 5.43 Å². The lowest BCUT2D eigenvalue weighted by Gasteiger charge is -2.10. The lowest BCUT2D eigenvalue weighted by molar-refractivity contribution is 0.819. The zero-order valence-electron chi connectivity index (χ0n) is 8.79. The van der Waals surface area contributed by atoms with Crippen LogP contribution in [0.25, 0.3) is 0 Å². The fraction of sp³-hybridized carbons (Fsp3) is 0.300. The van der Waals surface area contributed by atoms with Gasteiger partial charge in [0, 0.05) is 16.8 Å². The summed E-state index contributed by atoms with van der Waals surface area (Å²) in [6.07, 6.45) is 0. The SMILES string of the molecule is CC(C)N=C(NN)Nc1ccc(Cl)cc1. The molecule has 1 rings (SSSR count). The van der Waals surface area contributed by atoms with Crippen molar-refractivity contribution >= 4 is 23.2 Å². The number of nitrogens with zero attached hydrogens (tertiary/aromatic N) is 1. The van der Waals surface area contributed by atoms with Crippen LogP contribution < -0.4 is 16.6 Å². The maximum atomic E-state index is 5.77. The van der Waals surface area contributed by atoms with Crippen molar-refractivity contribution in [2.45, 2.75) is 19.9 Å². The molecule has 4 N–H and O–H groups in total. The molecule has 0 saturated heterocycles. The number of nitrogens with one attached hydrogen (secondary N) is 2. The topological polar surface area (TPSA) is 62.4 Å². The van der Waals surface area contributed by atoms with Crippen LogP contribution in [-0.4, -0.2) is 12.0 Å². The third kappa shape index (κ3) is 4.18. The number of hydrazine groups is 1. The van der Waals surface area contributed by atoms with Crippen molar-refractivity contribution in [3.63, 3.8) is 0 Å². The van der Waals surface area contributed by atoms with Gasteiger partial charge in [-0.25, -0.2) is 10.8 Å². The predicted octanol–water partition coefficient (Wildman–Crippen LogP) is 1.98. The quantitative estimate of drug-likeness (QED) is 0.313. The summed E-state index contributed by atoms with van der Waals surface area (Å²) in [7, 11) is 0. The predicted molar refractivity (Wildman–Crippen MR) is 65.0 cm³/mol. The molecule has 0 radical (unpaired) electrons. The van der Waals surface area contributed by atoms with Crippen molar-refractivity contribution in [2.75, 3.05) is 5.32 Å². The molecule has 0 unspecified atom stereocenters. The Labute approximate surface area is 94.5 Å². The highest BCUT2D eigenvalue weighted by Gasteiger charge is 1.98. The van der Waals surface area contributed by atoms with Gasteiger partial charge in [0.1, 0.15) is 0 Å². The Balaban J connectivity index is 2.71. The molecular weight excluding hydrogens is 212 g/mol. The van der Waals surface area contributed by atoms with Gasteiger partial charge in [-0.05, 0) is 38.1 Å². The van der Waals surface area contributed by atoms with E-state index < -0.39 is 0 Å². The van der Waals surface area contributed by atoms with Gasteiger partial charge < -0.3 is 5.32 Å². The fourth-order valence-electron chi connectivity index (χ4n) is 1.03. The number of anilines is 1. The van der Waals surface area contributed by atoms with Gasteiger partial charge in [-0.15, -0.1) is 0 Å². The van der Waals surface area contributed by atoms with Gasteiger partial charge in [-0.3, -0.25) is 5.43 Å². The molecule has 0 fully saturated rings. The molecular formula is C10H15ClN4. The van der Waals surface area contributed by atoms with E-state index in [1.807, 2.05) is 26.0 Å². The van der Waals surface area contributed by atoms with Gasteiger partial charge in [-0.1, -0.05) is 11.6 Å². The molecule has 4 nitrogen and oxygen atoms in total. The first kappa shape index (κ1) is 11.8. The summed E-state index contributed by atoms with van der Waals surface area (Å²) in [5, 5.41) is 3.74. The van der Waals surface area contributed by atoms with Crippen LogP contribution in [0.4, 0.5) is 5.69 Å². The van der Waals surface area contributed by atoms with Crippen molar-refractivity contribution in [1.29, 1.82) is 0 Å². The summed E-state index contributed by atoms with van der Waals surface area (Å²) in [5.74, 6) is 5.86. The number of hydrogen-bond acceptors (Lipinski definition) is 2. The smallest absolute Gasteiger partial charge is 0.210 e. The second-order valence-electron chi connectivity index (χ2n) is 3.35. The normalized spacial score (nSPS) is 11.7. The van der Waals surface area contributed by atoms with E-state index in [1.54, 1.807) is 12.1 Å². The molecule has 15 heavy (non-hydrogen) atoms. The van der Waals surface area contributed by atoms with Crippen LogP contribution in [0, 0.1) is 0 Å². The highest BCUT2D eigenvalue weighted by atomic mass is 35.5. The molecule has 0 atom stereocenters. The maximum absolute atomic E-state index is 5.77. The highest BCUT2D eigenvalue weighted by Crippen LogP contribution is 2.13. The van der Waals surface area contributed by atoms with Gasteiger partial charge in [0.2, 0.25) is 5.96 Å². The molecule has 0 aliphatic heterocycles. The highest BCUT2D eigenvalue weighted by molar-refractivity contribution is 6.30. The van der Waals surface area contributed by atoms with Gasteiger partial charge in [0.15, 0.2) is 0 Å². The monoisotopic (exact) mass is 226 g/mol. The minimum atomic E-state index is 0.177. The second-order valence-corrected chi connectivity index (χ2v) is 3.78. The molecule has 5 heteroatoms. The Morgan fingerprint density at radius 3 is 2.40 bits per heavy atom. The van der Waals surface area contributed by atoms with Crippen molar-refractivity contribution in [3.05, 3.63) is 29.3 Å². The van der Waals surface area contributed by atoms with E-state index in [2.05, 4.69) is 15.7 Å². The van der Waals surface area contributed by atoms with E-state index in [0.29, 0.717) is 11.0 Å². The average molecular weight is 227 g/mol. The number of rotatable bonds is 2. The first-order chi connectivity index (χ1) is 7.11. The third-order valence-corrected chi connectivity index (χ3v) is 1.88. The zero-order valence-corrected chi connectivity index (χ0v) is 9.55. The Morgan fingerprint density at radius 1 is 1.33 bits per heavy atom. The first-order valence-electron chi connectivity index (χ1n) is 4.69. The summed E-state index contributed by atoms with van der Waals surface area (Å²) in [6, 6.07) is 7.49. The van der Waals surface area contributed by atoms with E-state index in [1.165, 1.54) is 0 Å². The Kier molecular flexibility index (Phi) is 4.39. The molecule has 0 heterocycles. The van der Waals surface area contributed by atoms with Crippen LogP contribution in [0.1, 0.15) is 13.8 Å². The lowest BCUT2D eigenvalue weighted by Crippen LogP contribution is -2.36. The number of nitrogens with two attached hydrogens (primary N) is 1. The zero-order chi connectivity index (χ0) is 11.3. The van der Waals surface area contributed by atoms with Crippen LogP contribution >= 0.6 is 11.6 Å². The summed E-state index contributed by atoms with van der Waals surface area (Å²) >= 11 is 5.77. The van der Waals surface area contributed by atoms with Crippen LogP contribution in [0.15, 0.2) is 29.3 Å². The molecule has 0 aromatic heterocycles. The van der Waals surface area contributed by atoms with Crippen LogP contribution in [0.5, 0.6) is 0 Å². The van der Waals surface area contributed by atoms with E-state index in [4.69, 9.17) is 17.4 Å². The Bertz CT molecular complexity index is 332. The summed E-state index contributed by atoms with van der Waals surface area (Å²) in [5.41, 5.74) is 3.39. The van der Waals surface area contributed by atoms with Gasteiger partial charge in [0.05, 0.1) is 0 Å². The molecule has 1 aromatic carbocycles. The van der Waals surface area contributed by atoms with E-state index >= 15 is 0 Å². The maximum Gasteiger partial charge on any atom is 0.210 e. The van der Waals surface area contributed by atoms with E-state index in [9.17, 15) is 0 Å². The standard InChI is InChI=1S/C10H15ClN4/c1-7(2)13-10(15-12)14-9-5-3-8(11)4-6-9/h3-7H,12H2,1-2H3,(H2,13,14,15). The molecule has 0 bridgehead atoms. The van der Waals surface area contributed by atoms with Crippen LogP contribution in [0.3, 0.4) is 0 Å². The molecule has 1 aromatic rings. The minimum Gasteiger partial charge on any atom is -0.325 e. The Morgan fingerprint density at radius 2 is 1.93 bits per heavy atom. The minimum absolute atomic E-state index is 0.177. The first-order valence-corrected chi connectivity index (χ1v) is 5.06. The van der Waals surface area contributed by atoms with Gasteiger partial charge >= 0.3 is 0 Å².